The number of hydrogen-bond donors (Lipinski definition) is 1. The van der Waals surface area contributed by atoms with E-state index in [0.717, 1.165) is 24.2 Å². The summed E-state index contributed by atoms with van der Waals surface area (Å²) in [5.74, 6) is -0.185. The van der Waals surface area contributed by atoms with E-state index in [1.165, 1.54) is 34.5 Å². The Kier molecular flexibility index (Phi) is 6.10. The summed E-state index contributed by atoms with van der Waals surface area (Å²) < 4.78 is 60.1. The highest BCUT2D eigenvalue weighted by atomic mass is 32.2. The molecule has 2 heterocycles. The van der Waals surface area contributed by atoms with Gasteiger partial charge in [-0.15, -0.1) is 11.3 Å². The first-order valence-corrected chi connectivity index (χ1v) is 13.6. The SMILES string of the molecule is COc1ccc(C(=O)N2CCN(S(=O)(=O)c3cccs3)CC2)cc1S(=O)(=O)NC1CC1. The van der Waals surface area contributed by atoms with Crippen molar-refractivity contribution in [3.63, 3.8) is 0 Å². The first-order valence-electron chi connectivity index (χ1n) is 9.76. The third-order valence-corrected chi connectivity index (χ3v) is 10.0. The van der Waals surface area contributed by atoms with Gasteiger partial charge in [0.2, 0.25) is 10.0 Å². The van der Waals surface area contributed by atoms with Crippen LogP contribution in [0.3, 0.4) is 0 Å². The number of nitrogens with zero attached hydrogens (tertiary/aromatic N) is 2. The molecule has 1 saturated heterocycles. The molecule has 9 nitrogen and oxygen atoms in total. The number of carbonyl (C=O) groups is 1. The van der Waals surface area contributed by atoms with Crippen molar-refractivity contribution < 1.29 is 26.4 Å². The van der Waals surface area contributed by atoms with Gasteiger partial charge in [0.15, 0.2) is 0 Å². The van der Waals surface area contributed by atoms with Crippen LogP contribution in [0, 0.1) is 0 Å². The summed E-state index contributed by atoms with van der Waals surface area (Å²) in [7, 11) is -6.00. The van der Waals surface area contributed by atoms with E-state index in [-0.39, 0.29) is 58.5 Å². The van der Waals surface area contributed by atoms with Crippen LogP contribution < -0.4 is 9.46 Å². The molecule has 0 unspecified atom stereocenters. The second-order valence-electron chi connectivity index (χ2n) is 7.39. The molecule has 2 aliphatic rings. The zero-order valence-electron chi connectivity index (χ0n) is 16.9. The lowest BCUT2D eigenvalue weighted by molar-refractivity contribution is 0.0697. The van der Waals surface area contributed by atoms with E-state index in [0.29, 0.717) is 0 Å². The number of methoxy groups -OCH3 is 1. The van der Waals surface area contributed by atoms with E-state index in [4.69, 9.17) is 4.74 Å². The number of piperazine rings is 1. The lowest BCUT2D eigenvalue weighted by Crippen LogP contribution is -2.50. The second-order valence-corrected chi connectivity index (χ2v) is 12.2. The van der Waals surface area contributed by atoms with E-state index in [1.54, 1.807) is 17.5 Å². The molecule has 0 atom stereocenters. The quantitative estimate of drug-likeness (QED) is 0.633. The van der Waals surface area contributed by atoms with Gasteiger partial charge < -0.3 is 9.64 Å². The highest BCUT2D eigenvalue weighted by molar-refractivity contribution is 7.91. The minimum Gasteiger partial charge on any atom is -0.495 e. The largest absolute Gasteiger partial charge is 0.495 e. The highest BCUT2D eigenvalue weighted by Crippen LogP contribution is 2.29. The van der Waals surface area contributed by atoms with Gasteiger partial charge in [-0.25, -0.2) is 21.6 Å². The minimum atomic E-state index is -3.81. The minimum absolute atomic E-state index is 0.0764. The van der Waals surface area contributed by atoms with Gasteiger partial charge in [-0.1, -0.05) is 6.07 Å². The lowest BCUT2D eigenvalue weighted by atomic mass is 10.1. The molecule has 2 aromatic rings. The van der Waals surface area contributed by atoms with Gasteiger partial charge in [-0.2, -0.15) is 4.31 Å². The van der Waals surface area contributed by atoms with Crippen LogP contribution in [0.2, 0.25) is 0 Å². The molecule has 2 fully saturated rings. The zero-order valence-corrected chi connectivity index (χ0v) is 19.3. The Labute approximate surface area is 185 Å². The maximum absolute atomic E-state index is 13.0. The van der Waals surface area contributed by atoms with E-state index in [9.17, 15) is 21.6 Å². The summed E-state index contributed by atoms with van der Waals surface area (Å²) in [6.07, 6.45) is 1.58. The van der Waals surface area contributed by atoms with Crippen molar-refractivity contribution in [3.05, 3.63) is 41.3 Å². The molecule has 0 bridgehead atoms. The fourth-order valence-corrected chi connectivity index (χ4v) is 7.42. The number of thiophene rings is 1. The number of sulfonamides is 2. The average Bonchev–Trinajstić information content (AvgIpc) is 3.38. The topological polar surface area (TPSA) is 113 Å². The predicted octanol–water partition coefficient (Wildman–Crippen LogP) is 1.34. The third-order valence-electron chi connectivity index (χ3n) is 5.21. The fraction of sp³-hybridized carbons (Fsp3) is 0.421. The van der Waals surface area contributed by atoms with Crippen LogP contribution >= 0.6 is 11.3 Å². The zero-order chi connectivity index (χ0) is 22.2. The van der Waals surface area contributed by atoms with Crippen molar-refractivity contribution in [2.75, 3.05) is 33.3 Å². The summed E-state index contributed by atoms with van der Waals surface area (Å²) in [4.78, 5) is 14.5. The average molecular weight is 486 g/mol. The molecule has 4 rings (SSSR count). The molecule has 1 aromatic carbocycles. The number of amides is 1. The van der Waals surface area contributed by atoms with Crippen LogP contribution in [0.4, 0.5) is 0 Å². The summed E-state index contributed by atoms with van der Waals surface area (Å²) in [5.41, 5.74) is 0.214. The molecular weight excluding hydrogens is 462 g/mol. The Hall–Kier alpha value is -1.99. The van der Waals surface area contributed by atoms with E-state index < -0.39 is 20.0 Å². The van der Waals surface area contributed by atoms with Crippen LogP contribution in [0.25, 0.3) is 0 Å². The van der Waals surface area contributed by atoms with E-state index in [1.807, 2.05) is 0 Å². The predicted molar refractivity (Wildman–Crippen MR) is 115 cm³/mol. The van der Waals surface area contributed by atoms with Crippen molar-refractivity contribution in [3.8, 4) is 5.75 Å². The first-order chi connectivity index (χ1) is 14.7. The van der Waals surface area contributed by atoms with Crippen LogP contribution in [0.15, 0.2) is 44.8 Å². The number of nitrogens with one attached hydrogen (secondary N) is 1. The number of rotatable bonds is 7. The van der Waals surface area contributed by atoms with Gasteiger partial charge in [-0.05, 0) is 42.5 Å². The number of ether oxygens (including phenoxy) is 1. The summed E-state index contributed by atoms with van der Waals surface area (Å²) in [6.45, 7) is 0.794. The Morgan fingerprint density at radius 1 is 1.10 bits per heavy atom. The van der Waals surface area contributed by atoms with Crippen molar-refractivity contribution >= 4 is 37.3 Å². The molecular formula is C19H23N3O6S3. The molecule has 31 heavy (non-hydrogen) atoms. The van der Waals surface area contributed by atoms with Gasteiger partial charge in [0, 0.05) is 37.8 Å². The highest BCUT2D eigenvalue weighted by Gasteiger charge is 2.33. The number of hydrogen-bond acceptors (Lipinski definition) is 7. The molecule has 1 aromatic heterocycles. The molecule has 168 valence electrons. The molecule has 0 radical (unpaired) electrons. The van der Waals surface area contributed by atoms with Crippen molar-refractivity contribution in [2.45, 2.75) is 28.0 Å². The Morgan fingerprint density at radius 2 is 1.81 bits per heavy atom. The lowest BCUT2D eigenvalue weighted by Gasteiger charge is -2.33. The normalized spacial score (nSPS) is 18.2. The van der Waals surface area contributed by atoms with Crippen LogP contribution in [0.1, 0.15) is 23.2 Å². The maximum atomic E-state index is 13.0. The van der Waals surface area contributed by atoms with E-state index >= 15 is 0 Å². The summed E-state index contributed by atoms with van der Waals surface area (Å²) in [5, 5.41) is 1.71. The molecule has 1 amide bonds. The van der Waals surface area contributed by atoms with E-state index in [2.05, 4.69) is 4.72 Å². The van der Waals surface area contributed by atoms with Gasteiger partial charge in [0.25, 0.3) is 15.9 Å². The molecule has 1 aliphatic heterocycles. The second kappa shape index (κ2) is 8.51. The number of benzene rings is 1. The fourth-order valence-electron chi connectivity index (χ4n) is 3.36. The Balaban J connectivity index is 1.49. The van der Waals surface area contributed by atoms with Crippen molar-refractivity contribution in [2.24, 2.45) is 0 Å². The van der Waals surface area contributed by atoms with Crippen molar-refractivity contribution in [1.29, 1.82) is 0 Å². The molecule has 1 N–H and O–H groups in total. The van der Waals surface area contributed by atoms with Gasteiger partial charge in [0.1, 0.15) is 14.9 Å². The van der Waals surface area contributed by atoms with Crippen LogP contribution in [-0.4, -0.2) is 71.3 Å². The Bertz CT molecular complexity index is 1170. The van der Waals surface area contributed by atoms with Crippen LogP contribution in [-0.2, 0) is 20.0 Å². The van der Waals surface area contributed by atoms with Gasteiger partial charge in [-0.3, -0.25) is 4.79 Å². The molecule has 1 aliphatic carbocycles. The standard InChI is InChI=1S/C19H23N3O6S3/c1-28-16-7-4-14(13-17(16)30(24,25)20-15-5-6-15)19(23)21-8-10-22(11-9-21)31(26,27)18-3-2-12-29-18/h2-4,7,12-13,15,20H,5-6,8-11H2,1H3. The molecule has 0 spiro atoms. The maximum Gasteiger partial charge on any atom is 0.253 e. The Morgan fingerprint density at radius 3 is 2.39 bits per heavy atom. The van der Waals surface area contributed by atoms with Crippen LogP contribution in [0.5, 0.6) is 5.75 Å². The number of carbonyl (C=O) groups excluding carboxylic acids is 1. The monoisotopic (exact) mass is 485 g/mol. The van der Waals surface area contributed by atoms with Gasteiger partial charge in [0.05, 0.1) is 7.11 Å². The van der Waals surface area contributed by atoms with Crippen molar-refractivity contribution in [1.82, 2.24) is 13.9 Å². The molecule has 1 saturated carbocycles. The molecule has 12 heteroatoms. The summed E-state index contributed by atoms with van der Waals surface area (Å²) >= 11 is 1.16. The smallest absolute Gasteiger partial charge is 0.253 e. The first kappa shape index (κ1) is 22.2. The third kappa shape index (κ3) is 4.62. The van der Waals surface area contributed by atoms with Gasteiger partial charge >= 0.3 is 0 Å². The summed E-state index contributed by atoms with van der Waals surface area (Å²) in [6, 6.07) is 7.48.